The lowest BCUT2D eigenvalue weighted by molar-refractivity contribution is 0.105. The van der Waals surface area contributed by atoms with Crippen molar-refractivity contribution < 1.29 is 9.15 Å². The second-order valence-electron chi connectivity index (χ2n) is 5.27. The quantitative estimate of drug-likeness (QED) is 0.804. The average Bonchev–Trinajstić information content (AvgIpc) is 2.99. The fraction of sp³-hybridized carbons (Fsp3) is 0.533. The highest BCUT2D eigenvalue weighted by Gasteiger charge is 2.31. The maximum atomic E-state index is 11.7. The Bertz CT molecular complexity index is 675. The number of alkyl halides is 1. The molecule has 4 nitrogen and oxygen atoms in total. The van der Waals surface area contributed by atoms with Crippen LogP contribution in [-0.4, -0.2) is 17.3 Å². The third-order valence-corrected chi connectivity index (χ3v) is 5.35. The third-order valence-electron chi connectivity index (χ3n) is 4.14. The fourth-order valence-corrected chi connectivity index (χ4v) is 3.91. The summed E-state index contributed by atoms with van der Waals surface area (Å²) in [6.45, 7) is 5.49. The normalized spacial score (nSPS) is 24.4. The molecule has 20 heavy (non-hydrogen) atoms. The van der Waals surface area contributed by atoms with Gasteiger partial charge in [-0.25, -0.2) is 4.79 Å². The van der Waals surface area contributed by atoms with Gasteiger partial charge in [-0.1, -0.05) is 22.0 Å². The number of halogens is 1. The van der Waals surface area contributed by atoms with Gasteiger partial charge in [-0.3, -0.25) is 4.57 Å². The molecule has 1 saturated heterocycles. The van der Waals surface area contributed by atoms with E-state index in [1.165, 1.54) is 0 Å². The van der Waals surface area contributed by atoms with E-state index >= 15 is 0 Å². The summed E-state index contributed by atoms with van der Waals surface area (Å²) in [4.78, 5) is 11.9. The zero-order chi connectivity index (χ0) is 14.3. The van der Waals surface area contributed by atoms with Crippen LogP contribution in [0.2, 0.25) is 0 Å². The van der Waals surface area contributed by atoms with Gasteiger partial charge < -0.3 is 9.15 Å². The number of oxazole rings is 1. The van der Waals surface area contributed by atoms with Gasteiger partial charge in [0.2, 0.25) is 0 Å². The molecule has 0 saturated carbocycles. The molecule has 2 aromatic rings. The zero-order valence-corrected chi connectivity index (χ0v) is 13.2. The van der Waals surface area contributed by atoms with Crippen LogP contribution in [-0.2, 0) is 11.3 Å². The summed E-state index contributed by atoms with van der Waals surface area (Å²) in [6, 6.07) is 6.00. The topological polar surface area (TPSA) is 44.4 Å². The largest absolute Gasteiger partial charge is 0.419 e. The van der Waals surface area contributed by atoms with Crippen molar-refractivity contribution in [2.45, 2.75) is 37.7 Å². The standard InChI is InChI=1S/C15H18BrNO3/c1-3-17-12-5-4-10(8-13(12)20-15(17)18)14(16)11-6-7-19-9(11)2/h4-5,8-9,11,14H,3,6-7H2,1-2H3. The SMILES string of the molecule is CCn1c(=O)oc2cc(C(Br)C3CCOC3C)ccc21. The molecule has 0 radical (unpaired) electrons. The number of fused-ring (bicyclic) bond motifs is 1. The number of nitrogens with zero attached hydrogens (tertiary/aromatic N) is 1. The molecule has 0 N–H and O–H groups in total. The number of aryl methyl sites for hydroxylation is 1. The molecule has 0 amide bonds. The third kappa shape index (κ3) is 2.23. The summed E-state index contributed by atoms with van der Waals surface area (Å²) in [6.07, 6.45) is 1.30. The lowest BCUT2D eigenvalue weighted by Crippen LogP contribution is -2.16. The van der Waals surface area contributed by atoms with E-state index in [1.54, 1.807) is 4.57 Å². The van der Waals surface area contributed by atoms with Gasteiger partial charge in [-0.2, -0.15) is 0 Å². The van der Waals surface area contributed by atoms with Crippen LogP contribution in [0.25, 0.3) is 11.1 Å². The minimum absolute atomic E-state index is 0.222. The second-order valence-corrected chi connectivity index (χ2v) is 6.26. The van der Waals surface area contributed by atoms with Crippen molar-refractivity contribution in [3.63, 3.8) is 0 Å². The number of hydrogen-bond acceptors (Lipinski definition) is 3. The molecule has 3 atom stereocenters. The second kappa shape index (κ2) is 5.37. The van der Waals surface area contributed by atoms with Crippen molar-refractivity contribution in [1.29, 1.82) is 0 Å². The Morgan fingerprint density at radius 3 is 2.95 bits per heavy atom. The van der Waals surface area contributed by atoms with Crippen LogP contribution in [0, 0.1) is 5.92 Å². The van der Waals surface area contributed by atoms with Crippen LogP contribution in [0.1, 0.15) is 30.7 Å². The van der Waals surface area contributed by atoms with Gasteiger partial charge >= 0.3 is 5.76 Å². The highest BCUT2D eigenvalue weighted by atomic mass is 79.9. The van der Waals surface area contributed by atoms with Gasteiger partial charge in [0.25, 0.3) is 0 Å². The van der Waals surface area contributed by atoms with E-state index < -0.39 is 0 Å². The molecule has 1 aromatic carbocycles. The average molecular weight is 340 g/mol. The molecule has 1 fully saturated rings. The first kappa shape index (κ1) is 13.9. The van der Waals surface area contributed by atoms with Crippen molar-refractivity contribution in [3.8, 4) is 0 Å². The Balaban J connectivity index is 1.98. The monoisotopic (exact) mass is 339 g/mol. The Labute approximate surface area is 125 Å². The lowest BCUT2D eigenvalue weighted by Gasteiger charge is -2.20. The Morgan fingerprint density at radius 2 is 2.30 bits per heavy atom. The van der Waals surface area contributed by atoms with E-state index in [0.29, 0.717) is 18.0 Å². The predicted molar refractivity (Wildman–Crippen MR) is 81.3 cm³/mol. The Kier molecular flexibility index (Phi) is 3.73. The van der Waals surface area contributed by atoms with Gasteiger partial charge in [0.15, 0.2) is 5.58 Å². The maximum absolute atomic E-state index is 11.7. The summed E-state index contributed by atoms with van der Waals surface area (Å²) in [5, 5.41) is 0. The van der Waals surface area contributed by atoms with Gasteiger partial charge in [-0.05, 0) is 38.0 Å². The van der Waals surface area contributed by atoms with Crippen LogP contribution >= 0.6 is 15.9 Å². The van der Waals surface area contributed by atoms with Crippen LogP contribution in [0.5, 0.6) is 0 Å². The van der Waals surface area contributed by atoms with E-state index in [4.69, 9.17) is 9.15 Å². The fourth-order valence-electron chi connectivity index (χ4n) is 2.93. The number of rotatable bonds is 3. The molecule has 5 heteroatoms. The first-order chi connectivity index (χ1) is 9.61. The molecule has 1 aromatic heterocycles. The predicted octanol–water partition coefficient (Wildman–Crippen LogP) is 3.48. The molecular formula is C15H18BrNO3. The highest BCUT2D eigenvalue weighted by molar-refractivity contribution is 9.09. The number of ether oxygens (including phenoxy) is 1. The molecule has 0 spiro atoms. The molecule has 0 bridgehead atoms. The molecule has 1 aliphatic heterocycles. The molecule has 2 heterocycles. The van der Waals surface area contributed by atoms with Gasteiger partial charge in [0.1, 0.15) is 0 Å². The maximum Gasteiger partial charge on any atom is 0.419 e. The smallest absolute Gasteiger partial charge is 0.408 e. The minimum atomic E-state index is -0.289. The van der Waals surface area contributed by atoms with Crippen LogP contribution in [0.3, 0.4) is 0 Å². The zero-order valence-electron chi connectivity index (χ0n) is 11.6. The summed E-state index contributed by atoms with van der Waals surface area (Å²) in [5.74, 6) is 0.163. The van der Waals surface area contributed by atoms with Gasteiger partial charge in [-0.15, -0.1) is 0 Å². The minimum Gasteiger partial charge on any atom is -0.408 e. The van der Waals surface area contributed by atoms with Crippen molar-refractivity contribution >= 4 is 27.0 Å². The van der Waals surface area contributed by atoms with Crippen molar-refractivity contribution in [1.82, 2.24) is 4.57 Å². The lowest BCUT2D eigenvalue weighted by atomic mass is 9.94. The molecule has 108 valence electrons. The van der Waals surface area contributed by atoms with E-state index in [2.05, 4.69) is 28.9 Å². The summed E-state index contributed by atoms with van der Waals surface area (Å²) in [5.41, 5.74) is 2.65. The number of hydrogen-bond donors (Lipinski definition) is 0. The summed E-state index contributed by atoms with van der Waals surface area (Å²) < 4.78 is 12.6. The number of aromatic nitrogens is 1. The van der Waals surface area contributed by atoms with E-state index in [0.717, 1.165) is 24.1 Å². The Morgan fingerprint density at radius 1 is 1.50 bits per heavy atom. The van der Waals surface area contributed by atoms with Gasteiger partial charge in [0.05, 0.1) is 11.6 Å². The van der Waals surface area contributed by atoms with Crippen LogP contribution in [0.4, 0.5) is 0 Å². The van der Waals surface area contributed by atoms with Crippen molar-refractivity contribution in [2.24, 2.45) is 5.92 Å². The van der Waals surface area contributed by atoms with Crippen molar-refractivity contribution in [2.75, 3.05) is 6.61 Å². The Hall–Kier alpha value is -1.07. The molecule has 1 aliphatic rings. The van der Waals surface area contributed by atoms with Crippen molar-refractivity contribution in [3.05, 3.63) is 34.3 Å². The highest BCUT2D eigenvalue weighted by Crippen LogP contribution is 2.40. The van der Waals surface area contributed by atoms with E-state index in [-0.39, 0.29) is 16.7 Å². The van der Waals surface area contributed by atoms with Crippen LogP contribution < -0.4 is 5.76 Å². The first-order valence-electron chi connectivity index (χ1n) is 7.00. The number of benzene rings is 1. The first-order valence-corrected chi connectivity index (χ1v) is 7.92. The van der Waals surface area contributed by atoms with Crippen LogP contribution in [0.15, 0.2) is 27.4 Å². The molecule has 3 unspecified atom stereocenters. The molecule has 0 aliphatic carbocycles. The molecular weight excluding hydrogens is 322 g/mol. The summed E-state index contributed by atoms with van der Waals surface area (Å²) >= 11 is 3.77. The van der Waals surface area contributed by atoms with E-state index in [1.807, 2.05) is 19.1 Å². The molecule has 3 rings (SSSR count). The van der Waals surface area contributed by atoms with E-state index in [9.17, 15) is 4.79 Å². The summed E-state index contributed by atoms with van der Waals surface area (Å²) in [7, 11) is 0. The van der Waals surface area contributed by atoms with Gasteiger partial charge in [0, 0.05) is 23.9 Å².